The first kappa shape index (κ1) is 22.8. The molecule has 2 heterocycles. The van der Waals surface area contributed by atoms with Gasteiger partial charge in [0.25, 0.3) is 5.91 Å². The second-order valence-corrected chi connectivity index (χ2v) is 10.5. The zero-order chi connectivity index (χ0) is 24.8. The van der Waals surface area contributed by atoms with Crippen LogP contribution in [0, 0.1) is 6.92 Å². The molecule has 0 bridgehead atoms. The molecule has 4 aromatic rings. The van der Waals surface area contributed by atoms with Gasteiger partial charge in [0.15, 0.2) is 0 Å². The molecule has 0 saturated heterocycles. The molecule has 3 aromatic carbocycles. The van der Waals surface area contributed by atoms with Gasteiger partial charge in [-0.05, 0) is 67.8 Å². The van der Waals surface area contributed by atoms with Gasteiger partial charge in [-0.1, -0.05) is 64.0 Å². The largest absolute Gasteiger partial charge is 0.326 e. The first-order valence-electron chi connectivity index (χ1n) is 12.2. The van der Waals surface area contributed by atoms with Crippen LogP contribution in [-0.2, 0) is 4.79 Å². The van der Waals surface area contributed by atoms with Gasteiger partial charge in [0.05, 0.1) is 17.1 Å². The molecule has 36 heavy (non-hydrogen) atoms. The number of hydrogen-bond acceptors (Lipinski definition) is 2. The summed E-state index contributed by atoms with van der Waals surface area (Å²) in [6, 6.07) is 27.6. The summed E-state index contributed by atoms with van der Waals surface area (Å²) in [5.41, 5.74) is 5.64. The van der Waals surface area contributed by atoms with Crippen LogP contribution in [0.15, 0.2) is 95.6 Å². The van der Waals surface area contributed by atoms with E-state index >= 15 is 0 Å². The minimum atomic E-state index is -0.287. The number of amides is 2. The molecule has 180 valence electrons. The molecular formula is C30H26BrN3O2. The molecule has 1 unspecified atom stereocenters. The molecule has 0 spiro atoms. The van der Waals surface area contributed by atoms with Crippen LogP contribution in [-0.4, -0.2) is 33.9 Å². The number of aromatic nitrogens is 1. The maximum absolute atomic E-state index is 14.2. The molecule has 6 rings (SSSR count). The lowest BCUT2D eigenvalue weighted by molar-refractivity contribution is -0.119. The van der Waals surface area contributed by atoms with E-state index in [2.05, 4.69) is 57.8 Å². The van der Waals surface area contributed by atoms with E-state index in [0.29, 0.717) is 5.56 Å². The summed E-state index contributed by atoms with van der Waals surface area (Å²) in [4.78, 5) is 31.4. The fraction of sp³-hybridized carbons (Fsp3) is 0.200. The maximum Gasteiger partial charge on any atom is 0.254 e. The highest BCUT2D eigenvalue weighted by atomic mass is 79.9. The summed E-state index contributed by atoms with van der Waals surface area (Å²) in [6.07, 6.45) is 3.90. The lowest BCUT2D eigenvalue weighted by Crippen LogP contribution is -2.47. The Morgan fingerprint density at radius 2 is 1.67 bits per heavy atom. The summed E-state index contributed by atoms with van der Waals surface area (Å²) < 4.78 is 3.01. The molecule has 1 aliphatic heterocycles. The number of carbonyl (C=O) groups is 2. The Hall–Kier alpha value is -3.64. The predicted octanol–water partition coefficient (Wildman–Crippen LogP) is 6.29. The summed E-state index contributed by atoms with van der Waals surface area (Å²) >= 11 is 3.47. The van der Waals surface area contributed by atoms with E-state index in [9.17, 15) is 9.59 Å². The molecular weight excluding hydrogens is 514 g/mol. The molecule has 6 heteroatoms. The normalized spacial score (nSPS) is 16.3. The van der Waals surface area contributed by atoms with Crippen LogP contribution in [0.4, 0.5) is 5.69 Å². The van der Waals surface area contributed by atoms with Gasteiger partial charge in [-0.2, -0.15) is 0 Å². The third kappa shape index (κ3) is 4.05. The second kappa shape index (κ2) is 9.10. The fourth-order valence-electron chi connectivity index (χ4n) is 5.09. The highest BCUT2D eigenvalue weighted by molar-refractivity contribution is 9.10. The topological polar surface area (TPSA) is 45.6 Å². The molecule has 1 saturated carbocycles. The van der Waals surface area contributed by atoms with Gasteiger partial charge in [-0.3, -0.25) is 14.5 Å². The molecule has 1 aromatic heterocycles. The van der Waals surface area contributed by atoms with Crippen LogP contribution in [0.2, 0.25) is 0 Å². The van der Waals surface area contributed by atoms with Crippen LogP contribution in [0.5, 0.6) is 0 Å². The van der Waals surface area contributed by atoms with Crippen molar-refractivity contribution in [1.82, 2.24) is 9.47 Å². The van der Waals surface area contributed by atoms with E-state index in [1.54, 1.807) is 4.90 Å². The molecule has 5 nitrogen and oxygen atoms in total. The number of nitrogens with zero attached hydrogens (tertiary/aromatic N) is 3. The minimum Gasteiger partial charge on any atom is -0.326 e. The highest BCUT2D eigenvalue weighted by Gasteiger charge is 2.40. The predicted molar refractivity (Wildman–Crippen MR) is 144 cm³/mol. The van der Waals surface area contributed by atoms with Crippen molar-refractivity contribution in [2.75, 3.05) is 11.4 Å². The Morgan fingerprint density at radius 3 is 2.39 bits per heavy atom. The van der Waals surface area contributed by atoms with Gasteiger partial charge in [0.2, 0.25) is 5.91 Å². The van der Waals surface area contributed by atoms with Crippen molar-refractivity contribution in [3.05, 3.63) is 118 Å². The van der Waals surface area contributed by atoms with Crippen molar-refractivity contribution in [3.8, 4) is 5.69 Å². The van der Waals surface area contributed by atoms with E-state index < -0.39 is 0 Å². The quantitative estimate of drug-likeness (QED) is 0.299. The van der Waals surface area contributed by atoms with Crippen molar-refractivity contribution in [2.24, 2.45) is 0 Å². The van der Waals surface area contributed by atoms with Crippen LogP contribution in [0.3, 0.4) is 0 Å². The summed E-state index contributed by atoms with van der Waals surface area (Å²) in [5.74, 6) is -0.191. The number of rotatable bonds is 5. The smallest absolute Gasteiger partial charge is 0.254 e. The summed E-state index contributed by atoms with van der Waals surface area (Å²) in [5, 5.41) is 0. The van der Waals surface area contributed by atoms with Gasteiger partial charge in [-0.25, -0.2) is 0 Å². The SMILES string of the molecule is Cc1ccc(C2c3cccn3-c3ccccc3N2C(=O)CN(C(=O)c2cccc(Br)c2)C2CC2)cc1. The second-order valence-electron chi connectivity index (χ2n) is 9.54. The lowest BCUT2D eigenvalue weighted by Gasteiger charge is -2.39. The zero-order valence-electron chi connectivity index (χ0n) is 20.0. The van der Waals surface area contributed by atoms with Gasteiger partial charge < -0.3 is 9.47 Å². The first-order chi connectivity index (χ1) is 17.5. The Balaban J connectivity index is 1.41. The third-order valence-electron chi connectivity index (χ3n) is 7.01. The number of aryl methyl sites for hydroxylation is 1. The standard InChI is InChI=1S/C30H26BrN3O2/c1-20-11-13-21(14-12-20)29-27-10-5-17-32(27)25-8-2-3-9-26(25)34(29)28(35)19-33(24-15-16-24)30(36)22-6-4-7-23(31)18-22/h2-14,17-18,24,29H,15-16,19H2,1H3. The molecule has 2 amide bonds. The van der Waals surface area contributed by atoms with Crippen LogP contribution in [0.1, 0.15) is 46.1 Å². The molecule has 1 atom stereocenters. The van der Waals surface area contributed by atoms with Gasteiger partial charge in [-0.15, -0.1) is 0 Å². The van der Waals surface area contributed by atoms with E-state index in [4.69, 9.17) is 0 Å². The number of fused-ring (bicyclic) bond motifs is 3. The Morgan fingerprint density at radius 1 is 0.917 bits per heavy atom. The average Bonchev–Trinajstić information content (AvgIpc) is 3.61. The number of carbonyl (C=O) groups excluding carboxylic acids is 2. The zero-order valence-corrected chi connectivity index (χ0v) is 21.6. The van der Waals surface area contributed by atoms with Crippen molar-refractivity contribution < 1.29 is 9.59 Å². The first-order valence-corrected chi connectivity index (χ1v) is 13.0. The van der Waals surface area contributed by atoms with Crippen molar-refractivity contribution in [1.29, 1.82) is 0 Å². The van der Waals surface area contributed by atoms with Crippen molar-refractivity contribution in [2.45, 2.75) is 31.8 Å². The number of anilines is 1. The van der Waals surface area contributed by atoms with E-state index in [-0.39, 0.29) is 30.4 Å². The third-order valence-corrected chi connectivity index (χ3v) is 7.50. The summed E-state index contributed by atoms with van der Waals surface area (Å²) in [7, 11) is 0. The van der Waals surface area contributed by atoms with Crippen molar-refractivity contribution >= 4 is 33.4 Å². The molecule has 2 aliphatic rings. The molecule has 0 radical (unpaired) electrons. The number of hydrogen-bond donors (Lipinski definition) is 0. The maximum atomic E-state index is 14.2. The van der Waals surface area contributed by atoms with Crippen molar-refractivity contribution in [3.63, 3.8) is 0 Å². The number of benzene rings is 3. The molecule has 0 N–H and O–H groups in total. The van der Waals surface area contributed by atoms with Crippen LogP contribution >= 0.6 is 15.9 Å². The lowest BCUT2D eigenvalue weighted by atomic mass is 9.97. The van der Waals surface area contributed by atoms with Gasteiger partial charge >= 0.3 is 0 Å². The highest BCUT2D eigenvalue weighted by Crippen LogP contribution is 2.42. The van der Waals surface area contributed by atoms with E-state index in [1.807, 2.05) is 65.7 Å². The van der Waals surface area contributed by atoms with Gasteiger partial charge in [0.1, 0.15) is 12.6 Å². The average molecular weight is 540 g/mol. The van der Waals surface area contributed by atoms with Gasteiger partial charge in [0, 0.05) is 22.3 Å². The van der Waals surface area contributed by atoms with Crippen LogP contribution < -0.4 is 4.90 Å². The van der Waals surface area contributed by atoms with E-state index in [0.717, 1.165) is 39.9 Å². The number of halogens is 1. The van der Waals surface area contributed by atoms with E-state index in [1.165, 1.54) is 5.56 Å². The number of para-hydroxylation sites is 2. The summed E-state index contributed by atoms with van der Waals surface area (Å²) in [6.45, 7) is 2.10. The Bertz CT molecular complexity index is 1460. The molecule has 1 fully saturated rings. The molecule has 1 aliphatic carbocycles. The fourth-order valence-corrected chi connectivity index (χ4v) is 5.49. The Labute approximate surface area is 219 Å². The van der Waals surface area contributed by atoms with Crippen LogP contribution in [0.25, 0.3) is 5.69 Å². The Kier molecular flexibility index (Phi) is 5.76. The monoisotopic (exact) mass is 539 g/mol. The minimum absolute atomic E-state index is 0.0351.